The molecular formula is C19H19O3P. The normalized spacial score (nSPS) is 10.3. The lowest BCUT2D eigenvalue weighted by molar-refractivity contribution is -0.144. The number of esters is 1. The van der Waals surface area contributed by atoms with Gasteiger partial charge in [0.25, 0.3) is 0 Å². The predicted molar refractivity (Wildman–Crippen MR) is 94.7 cm³/mol. The van der Waals surface area contributed by atoms with Crippen LogP contribution in [0.15, 0.2) is 73.3 Å². The van der Waals surface area contributed by atoms with Crippen molar-refractivity contribution >= 4 is 30.3 Å². The molecule has 0 aliphatic carbocycles. The van der Waals surface area contributed by atoms with E-state index in [1.54, 1.807) is 0 Å². The van der Waals surface area contributed by atoms with Gasteiger partial charge in [-0.25, -0.2) is 0 Å². The number of ether oxygens (including phenoxy) is 1. The molecule has 0 amide bonds. The smallest absolute Gasteiger partial charge is 0.313 e. The fourth-order valence-corrected chi connectivity index (χ4v) is 4.34. The fourth-order valence-electron chi connectivity index (χ4n) is 2.14. The molecular weight excluding hydrogens is 307 g/mol. The van der Waals surface area contributed by atoms with Gasteiger partial charge in [-0.05, 0) is 18.5 Å². The number of Topliss-reactive ketones (excluding diaryl/α,β-unsaturated/α-hetero) is 1. The summed E-state index contributed by atoms with van der Waals surface area (Å²) in [4.78, 5) is 23.8. The Bertz CT molecular complexity index is 613. The monoisotopic (exact) mass is 326 g/mol. The van der Waals surface area contributed by atoms with Crippen molar-refractivity contribution in [1.82, 2.24) is 0 Å². The zero-order valence-corrected chi connectivity index (χ0v) is 13.7. The molecule has 0 saturated carbocycles. The molecule has 3 nitrogen and oxygen atoms in total. The Morgan fingerprint density at radius 2 is 1.48 bits per heavy atom. The number of rotatable bonds is 8. The highest BCUT2D eigenvalue weighted by molar-refractivity contribution is 7.73. The second kappa shape index (κ2) is 9.02. The van der Waals surface area contributed by atoms with Crippen molar-refractivity contribution in [1.29, 1.82) is 0 Å². The third kappa shape index (κ3) is 5.46. The Balaban J connectivity index is 2.11. The van der Waals surface area contributed by atoms with E-state index in [9.17, 15) is 9.59 Å². The van der Waals surface area contributed by atoms with Crippen molar-refractivity contribution in [2.24, 2.45) is 0 Å². The van der Waals surface area contributed by atoms with Gasteiger partial charge in [-0.3, -0.25) is 9.59 Å². The van der Waals surface area contributed by atoms with Crippen molar-refractivity contribution in [3.63, 3.8) is 0 Å². The molecule has 0 aromatic heterocycles. The summed E-state index contributed by atoms with van der Waals surface area (Å²) in [5, 5.41) is 2.25. The molecule has 0 atom stereocenters. The van der Waals surface area contributed by atoms with Crippen molar-refractivity contribution in [3.8, 4) is 0 Å². The van der Waals surface area contributed by atoms with Crippen LogP contribution >= 0.6 is 7.92 Å². The van der Waals surface area contributed by atoms with E-state index in [0.29, 0.717) is 6.16 Å². The summed E-state index contributed by atoms with van der Waals surface area (Å²) < 4.78 is 4.88. The maximum absolute atomic E-state index is 12.3. The highest BCUT2D eigenvalue weighted by Crippen LogP contribution is 2.33. The van der Waals surface area contributed by atoms with Crippen LogP contribution in [-0.4, -0.2) is 24.5 Å². The zero-order chi connectivity index (χ0) is 16.5. The number of hydrogen-bond acceptors (Lipinski definition) is 3. The quantitative estimate of drug-likeness (QED) is 0.324. The third-order valence-electron chi connectivity index (χ3n) is 3.17. The fraction of sp³-hybridized carbons (Fsp3) is 0.158. The Kier molecular flexibility index (Phi) is 6.71. The van der Waals surface area contributed by atoms with Gasteiger partial charge in [0.05, 0.1) is 0 Å². The molecule has 2 aromatic carbocycles. The summed E-state index contributed by atoms with van der Waals surface area (Å²) in [7, 11) is -0.811. The van der Waals surface area contributed by atoms with Gasteiger partial charge in [-0.2, -0.15) is 0 Å². The van der Waals surface area contributed by atoms with Crippen LogP contribution in [0.4, 0.5) is 0 Å². The predicted octanol–water partition coefficient (Wildman–Crippen LogP) is 2.81. The molecule has 2 rings (SSSR count). The number of benzene rings is 2. The first-order valence-electron chi connectivity index (χ1n) is 7.36. The van der Waals surface area contributed by atoms with Crippen LogP contribution in [0.3, 0.4) is 0 Å². The van der Waals surface area contributed by atoms with Gasteiger partial charge in [0, 0.05) is 6.16 Å². The lowest BCUT2D eigenvalue weighted by Crippen LogP contribution is -2.20. The number of carbonyl (C=O) groups is 2. The Labute approximate surface area is 137 Å². The van der Waals surface area contributed by atoms with Gasteiger partial charge >= 0.3 is 5.97 Å². The maximum atomic E-state index is 12.3. The largest absolute Gasteiger partial charge is 0.461 e. The summed E-state index contributed by atoms with van der Waals surface area (Å²) in [6.07, 6.45) is 1.64. The van der Waals surface area contributed by atoms with E-state index >= 15 is 0 Å². The molecule has 0 fully saturated rings. The van der Waals surface area contributed by atoms with Crippen LogP contribution in [-0.2, 0) is 14.3 Å². The van der Waals surface area contributed by atoms with Gasteiger partial charge in [0.1, 0.15) is 18.8 Å². The summed E-state index contributed by atoms with van der Waals surface area (Å²) in [6.45, 7) is 3.62. The average Bonchev–Trinajstić information content (AvgIpc) is 2.59. The van der Waals surface area contributed by atoms with E-state index in [0.717, 1.165) is 10.6 Å². The number of carbonyl (C=O) groups excluding carboxylic acids is 2. The Morgan fingerprint density at radius 1 is 0.957 bits per heavy atom. The van der Waals surface area contributed by atoms with Crippen molar-refractivity contribution in [2.45, 2.75) is 6.42 Å². The number of hydrogen-bond donors (Lipinski definition) is 0. The van der Waals surface area contributed by atoms with Crippen molar-refractivity contribution in [2.75, 3.05) is 12.8 Å². The van der Waals surface area contributed by atoms with Crippen LogP contribution in [0.1, 0.15) is 6.42 Å². The van der Waals surface area contributed by atoms with Crippen LogP contribution in [0, 0.1) is 0 Å². The second-order valence-corrected chi connectivity index (χ2v) is 7.15. The second-order valence-electron chi connectivity index (χ2n) is 4.94. The molecule has 0 unspecified atom stereocenters. The molecule has 0 radical (unpaired) electrons. The summed E-state index contributed by atoms with van der Waals surface area (Å²) in [6, 6.07) is 19.9. The summed E-state index contributed by atoms with van der Waals surface area (Å²) in [5.41, 5.74) is 0. The molecule has 23 heavy (non-hydrogen) atoms. The van der Waals surface area contributed by atoms with Gasteiger partial charge in [-0.15, -0.1) is 0 Å². The van der Waals surface area contributed by atoms with E-state index in [4.69, 9.17) is 4.74 Å². The van der Waals surface area contributed by atoms with Gasteiger partial charge < -0.3 is 4.74 Å². The number of ketones is 1. The van der Waals surface area contributed by atoms with E-state index in [-0.39, 0.29) is 18.8 Å². The Hall–Kier alpha value is -2.25. The van der Waals surface area contributed by atoms with Gasteiger partial charge in [0.2, 0.25) is 0 Å². The van der Waals surface area contributed by atoms with Crippen LogP contribution in [0.25, 0.3) is 0 Å². The molecule has 0 bridgehead atoms. The van der Waals surface area contributed by atoms with Crippen LogP contribution in [0.2, 0.25) is 0 Å². The molecule has 0 aliphatic heterocycles. The van der Waals surface area contributed by atoms with Gasteiger partial charge in [-0.1, -0.05) is 73.3 Å². The maximum Gasteiger partial charge on any atom is 0.313 e. The minimum absolute atomic E-state index is 0.0992. The molecule has 0 aliphatic rings. The molecule has 2 aromatic rings. The topological polar surface area (TPSA) is 43.4 Å². The third-order valence-corrected chi connectivity index (χ3v) is 5.69. The highest BCUT2D eigenvalue weighted by Gasteiger charge is 2.19. The first-order chi connectivity index (χ1) is 11.2. The first-order valence-corrected chi connectivity index (χ1v) is 8.89. The standard InChI is InChI=1S/C19H19O3P/c1-2-13-22-19(21)14-16(20)15-23(17-9-5-3-6-10-17)18-11-7-4-8-12-18/h2-12H,1,13-15H2. The van der Waals surface area contributed by atoms with E-state index < -0.39 is 13.9 Å². The van der Waals surface area contributed by atoms with E-state index in [1.807, 2.05) is 60.7 Å². The van der Waals surface area contributed by atoms with Crippen LogP contribution < -0.4 is 10.6 Å². The zero-order valence-electron chi connectivity index (χ0n) is 12.9. The van der Waals surface area contributed by atoms with Gasteiger partial charge in [0.15, 0.2) is 0 Å². The lowest BCUT2D eigenvalue weighted by Gasteiger charge is -2.17. The van der Waals surface area contributed by atoms with E-state index in [2.05, 4.69) is 6.58 Å². The lowest BCUT2D eigenvalue weighted by atomic mass is 10.3. The minimum atomic E-state index is -0.811. The first kappa shape index (κ1) is 17.1. The summed E-state index contributed by atoms with van der Waals surface area (Å²) in [5.74, 6) is -0.594. The highest BCUT2D eigenvalue weighted by atomic mass is 31.1. The molecule has 4 heteroatoms. The molecule has 0 heterocycles. The average molecular weight is 326 g/mol. The molecule has 0 N–H and O–H groups in total. The summed E-state index contributed by atoms with van der Waals surface area (Å²) >= 11 is 0. The van der Waals surface area contributed by atoms with Crippen LogP contribution in [0.5, 0.6) is 0 Å². The Morgan fingerprint density at radius 3 is 1.96 bits per heavy atom. The van der Waals surface area contributed by atoms with Crippen molar-refractivity contribution < 1.29 is 14.3 Å². The molecule has 0 saturated heterocycles. The SMILES string of the molecule is C=CCOC(=O)CC(=O)CP(c1ccccc1)c1ccccc1. The minimum Gasteiger partial charge on any atom is -0.461 e. The molecule has 118 valence electrons. The molecule has 0 spiro atoms. The van der Waals surface area contributed by atoms with Crippen molar-refractivity contribution in [3.05, 3.63) is 73.3 Å². The van der Waals surface area contributed by atoms with E-state index in [1.165, 1.54) is 6.08 Å².